The summed E-state index contributed by atoms with van der Waals surface area (Å²) in [6.45, 7) is 2.26. The summed E-state index contributed by atoms with van der Waals surface area (Å²) in [5.41, 5.74) is 0. The SMILES string of the molecule is CNc1ncc(Br)cc1S(=O)(=O)NCc1ccc(C)s1. The zero-order valence-corrected chi connectivity index (χ0v) is 14.2. The second-order valence-corrected chi connectivity index (χ2v) is 8.11. The number of hydrogen-bond acceptors (Lipinski definition) is 5. The molecular weight excluding hydrogens is 362 g/mol. The zero-order valence-electron chi connectivity index (χ0n) is 11.0. The molecule has 8 heteroatoms. The quantitative estimate of drug-likeness (QED) is 0.842. The van der Waals surface area contributed by atoms with Gasteiger partial charge >= 0.3 is 0 Å². The number of aromatic nitrogens is 1. The number of halogens is 1. The topological polar surface area (TPSA) is 71.1 Å². The molecule has 0 unspecified atom stereocenters. The maximum absolute atomic E-state index is 12.3. The Bertz CT molecular complexity index is 713. The van der Waals surface area contributed by atoms with Crippen molar-refractivity contribution in [2.45, 2.75) is 18.4 Å². The Morgan fingerprint density at radius 1 is 1.40 bits per heavy atom. The normalized spacial score (nSPS) is 11.6. The molecule has 2 N–H and O–H groups in total. The van der Waals surface area contributed by atoms with Crippen molar-refractivity contribution in [2.75, 3.05) is 12.4 Å². The standard InChI is InChI=1S/C12H14BrN3O2S2/c1-8-3-4-10(19-8)7-16-20(17,18)11-5-9(13)6-15-12(11)14-2/h3-6,16H,7H2,1-2H3,(H,14,15). The van der Waals surface area contributed by atoms with E-state index in [1.54, 1.807) is 24.6 Å². The molecule has 2 aromatic rings. The van der Waals surface area contributed by atoms with Gasteiger partial charge in [0.1, 0.15) is 10.7 Å². The molecule has 0 saturated carbocycles. The lowest BCUT2D eigenvalue weighted by atomic mass is 10.4. The van der Waals surface area contributed by atoms with Gasteiger partial charge in [0.25, 0.3) is 0 Å². The van der Waals surface area contributed by atoms with Crippen LogP contribution >= 0.6 is 27.3 Å². The number of anilines is 1. The van der Waals surface area contributed by atoms with Crippen molar-refractivity contribution in [3.63, 3.8) is 0 Å². The number of nitrogens with one attached hydrogen (secondary N) is 2. The molecule has 0 amide bonds. The third-order valence-corrected chi connectivity index (χ3v) is 5.43. The van der Waals surface area contributed by atoms with E-state index in [1.165, 1.54) is 6.07 Å². The molecule has 0 radical (unpaired) electrons. The van der Waals surface area contributed by atoms with E-state index >= 15 is 0 Å². The van der Waals surface area contributed by atoms with Crippen molar-refractivity contribution in [3.8, 4) is 0 Å². The van der Waals surface area contributed by atoms with Crippen LogP contribution in [0.3, 0.4) is 0 Å². The van der Waals surface area contributed by atoms with Crippen molar-refractivity contribution in [1.82, 2.24) is 9.71 Å². The average molecular weight is 376 g/mol. The molecule has 108 valence electrons. The highest BCUT2D eigenvalue weighted by Gasteiger charge is 2.19. The van der Waals surface area contributed by atoms with E-state index in [-0.39, 0.29) is 11.4 Å². The zero-order chi connectivity index (χ0) is 14.8. The Labute approximate surface area is 130 Å². The van der Waals surface area contributed by atoms with Crippen LogP contribution in [0.25, 0.3) is 0 Å². The van der Waals surface area contributed by atoms with Crippen LogP contribution in [0.4, 0.5) is 5.82 Å². The summed E-state index contributed by atoms with van der Waals surface area (Å²) in [4.78, 5) is 6.30. The summed E-state index contributed by atoms with van der Waals surface area (Å²) in [7, 11) is -1.98. The highest BCUT2D eigenvalue weighted by molar-refractivity contribution is 9.10. The van der Waals surface area contributed by atoms with E-state index in [9.17, 15) is 8.42 Å². The summed E-state index contributed by atoms with van der Waals surface area (Å²) in [6.07, 6.45) is 1.55. The van der Waals surface area contributed by atoms with Gasteiger partial charge in [-0.2, -0.15) is 0 Å². The fourth-order valence-electron chi connectivity index (χ4n) is 1.64. The minimum absolute atomic E-state index is 0.127. The van der Waals surface area contributed by atoms with Gasteiger partial charge in [-0.15, -0.1) is 11.3 Å². The molecule has 0 aliphatic rings. The maximum atomic E-state index is 12.3. The Hall–Kier alpha value is -0.960. The fourth-order valence-corrected chi connectivity index (χ4v) is 4.23. The van der Waals surface area contributed by atoms with Crippen LogP contribution in [-0.4, -0.2) is 20.4 Å². The largest absolute Gasteiger partial charge is 0.372 e. The van der Waals surface area contributed by atoms with E-state index in [4.69, 9.17) is 0 Å². The van der Waals surface area contributed by atoms with E-state index < -0.39 is 10.0 Å². The van der Waals surface area contributed by atoms with Gasteiger partial charge in [-0.3, -0.25) is 0 Å². The van der Waals surface area contributed by atoms with Crippen LogP contribution in [0.5, 0.6) is 0 Å². The van der Waals surface area contributed by atoms with E-state index in [1.807, 2.05) is 19.1 Å². The van der Waals surface area contributed by atoms with Crippen molar-refractivity contribution in [2.24, 2.45) is 0 Å². The summed E-state index contributed by atoms with van der Waals surface area (Å²) in [5.74, 6) is 0.322. The first-order chi connectivity index (χ1) is 9.42. The third kappa shape index (κ3) is 3.57. The van der Waals surface area contributed by atoms with Gasteiger partial charge in [0.05, 0.1) is 0 Å². The average Bonchev–Trinajstić information content (AvgIpc) is 2.82. The minimum Gasteiger partial charge on any atom is -0.372 e. The Morgan fingerprint density at radius 2 is 2.15 bits per heavy atom. The van der Waals surface area contributed by atoms with E-state index in [0.29, 0.717) is 10.3 Å². The summed E-state index contributed by atoms with van der Waals surface area (Å²) in [6, 6.07) is 5.41. The number of pyridine rings is 1. The lowest BCUT2D eigenvalue weighted by molar-refractivity contribution is 0.581. The second kappa shape index (κ2) is 6.21. The lowest BCUT2D eigenvalue weighted by Crippen LogP contribution is -2.24. The fraction of sp³-hybridized carbons (Fsp3) is 0.250. The molecule has 0 aliphatic heterocycles. The molecule has 0 spiro atoms. The lowest BCUT2D eigenvalue weighted by Gasteiger charge is -2.10. The molecule has 2 aromatic heterocycles. The van der Waals surface area contributed by atoms with Crippen LogP contribution < -0.4 is 10.0 Å². The van der Waals surface area contributed by atoms with Crippen LogP contribution in [0.2, 0.25) is 0 Å². The molecule has 0 aliphatic carbocycles. The van der Waals surface area contributed by atoms with E-state index in [0.717, 1.165) is 9.75 Å². The minimum atomic E-state index is -3.61. The molecular formula is C12H14BrN3O2S2. The Morgan fingerprint density at radius 3 is 2.75 bits per heavy atom. The summed E-state index contributed by atoms with van der Waals surface area (Å²) >= 11 is 4.81. The van der Waals surface area contributed by atoms with Crippen molar-refractivity contribution >= 4 is 43.1 Å². The molecule has 0 saturated heterocycles. The third-order valence-electron chi connectivity index (χ3n) is 2.58. The van der Waals surface area contributed by atoms with Crippen molar-refractivity contribution in [3.05, 3.63) is 38.6 Å². The van der Waals surface area contributed by atoms with Crippen LogP contribution in [0, 0.1) is 6.92 Å². The molecule has 2 heterocycles. The summed E-state index contributed by atoms with van der Waals surface area (Å²) in [5, 5.41) is 2.78. The smallest absolute Gasteiger partial charge is 0.244 e. The van der Waals surface area contributed by atoms with Crippen molar-refractivity contribution < 1.29 is 8.42 Å². The number of nitrogens with zero attached hydrogens (tertiary/aromatic N) is 1. The van der Waals surface area contributed by atoms with Gasteiger partial charge in [0.15, 0.2) is 0 Å². The van der Waals surface area contributed by atoms with Gasteiger partial charge in [-0.05, 0) is 41.1 Å². The predicted octanol–water partition coefficient (Wildman–Crippen LogP) is 2.73. The number of sulfonamides is 1. The Balaban J connectivity index is 2.24. The molecule has 0 aromatic carbocycles. The van der Waals surface area contributed by atoms with Gasteiger partial charge in [0.2, 0.25) is 10.0 Å². The predicted molar refractivity (Wildman–Crippen MR) is 84.6 cm³/mol. The van der Waals surface area contributed by atoms with Gasteiger partial charge in [-0.25, -0.2) is 18.1 Å². The highest BCUT2D eigenvalue weighted by Crippen LogP contribution is 2.23. The molecule has 5 nitrogen and oxygen atoms in total. The first-order valence-electron chi connectivity index (χ1n) is 5.80. The molecule has 0 atom stereocenters. The maximum Gasteiger partial charge on any atom is 0.244 e. The number of hydrogen-bond donors (Lipinski definition) is 2. The van der Waals surface area contributed by atoms with Crippen LogP contribution in [0.1, 0.15) is 9.75 Å². The first kappa shape index (κ1) is 15.4. The second-order valence-electron chi connectivity index (χ2n) is 4.09. The number of thiophene rings is 1. The van der Waals surface area contributed by atoms with Crippen LogP contribution in [0.15, 0.2) is 33.8 Å². The van der Waals surface area contributed by atoms with Crippen LogP contribution in [-0.2, 0) is 16.6 Å². The number of aryl methyl sites for hydroxylation is 1. The molecule has 2 rings (SSSR count). The highest BCUT2D eigenvalue weighted by atomic mass is 79.9. The first-order valence-corrected chi connectivity index (χ1v) is 8.90. The van der Waals surface area contributed by atoms with Gasteiger partial charge < -0.3 is 5.32 Å². The monoisotopic (exact) mass is 375 g/mol. The molecule has 0 bridgehead atoms. The summed E-state index contributed by atoms with van der Waals surface area (Å²) < 4.78 is 27.9. The van der Waals surface area contributed by atoms with Gasteiger partial charge in [0, 0.05) is 34.0 Å². The van der Waals surface area contributed by atoms with Gasteiger partial charge in [-0.1, -0.05) is 0 Å². The Kier molecular flexibility index (Phi) is 4.79. The molecule has 0 fully saturated rings. The van der Waals surface area contributed by atoms with E-state index in [2.05, 4.69) is 31.0 Å². The van der Waals surface area contributed by atoms with Crippen molar-refractivity contribution in [1.29, 1.82) is 0 Å². The molecule has 20 heavy (non-hydrogen) atoms. The number of rotatable bonds is 5.